The number of nitrogens with one attached hydrogen (secondary N) is 1. The van der Waals surface area contributed by atoms with Crippen LogP contribution in [-0.4, -0.2) is 27.5 Å². The minimum Gasteiger partial charge on any atom is -0.396 e. The lowest BCUT2D eigenvalue weighted by Gasteiger charge is -2.18. The third kappa shape index (κ3) is 4.88. The smallest absolute Gasteiger partial charge is 0.0543 e. The predicted octanol–water partition coefficient (Wildman–Crippen LogP) is 1.89. The van der Waals surface area contributed by atoms with E-state index in [0.29, 0.717) is 6.04 Å². The number of aliphatic hydroxyl groups is 1. The van der Waals surface area contributed by atoms with Crippen LogP contribution in [0.25, 0.3) is 0 Å². The average molecular weight is 239 g/mol. The number of aliphatic hydroxyl groups excluding tert-OH is 1. The summed E-state index contributed by atoms with van der Waals surface area (Å²) in [6.07, 6.45) is 5.86. The van der Waals surface area contributed by atoms with Crippen molar-refractivity contribution in [1.82, 2.24) is 15.1 Å². The molecule has 17 heavy (non-hydrogen) atoms. The second kappa shape index (κ2) is 6.17. The Labute approximate surface area is 104 Å². The van der Waals surface area contributed by atoms with Crippen LogP contribution >= 0.6 is 0 Å². The maximum absolute atomic E-state index is 8.75. The van der Waals surface area contributed by atoms with Gasteiger partial charge in [0.25, 0.3) is 0 Å². The summed E-state index contributed by atoms with van der Waals surface area (Å²) in [4.78, 5) is 0. The van der Waals surface area contributed by atoms with Crippen molar-refractivity contribution in [2.45, 2.75) is 58.7 Å². The fourth-order valence-electron chi connectivity index (χ4n) is 1.61. The van der Waals surface area contributed by atoms with Crippen molar-refractivity contribution < 1.29 is 5.11 Å². The summed E-state index contributed by atoms with van der Waals surface area (Å²) in [6, 6.07) is 0.431. The van der Waals surface area contributed by atoms with Crippen molar-refractivity contribution in [2.75, 3.05) is 6.61 Å². The summed E-state index contributed by atoms with van der Waals surface area (Å²) in [5.41, 5.74) is 1.25. The lowest BCUT2D eigenvalue weighted by molar-refractivity contribution is 0.276. The first-order valence-electron chi connectivity index (χ1n) is 6.31. The molecular formula is C13H25N3O. The molecule has 1 aromatic heterocycles. The summed E-state index contributed by atoms with van der Waals surface area (Å²) in [7, 11) is 0. The standard InChI is InChI=1S/C13H25N3O/c1-11(6-5-7-17)14-8-12-9-15-16(10-12)13(2,3)4/h9-11,14,17H,5-8H2,1-4H3. The van der Waals surface area contributed by atoms with Crippen LogP contribution in [0.15, 0.2) is 12.4 Å². The summed E-state index contributed by atoms with van der Waals surface area (Å²) in [5, 5.41) is 16.6. The highest BCUT2D eigenvalue weighted by Gasteiger charge is 2.13. The Kier molecular flexibility index (Phi) is 5.15. The second-order valence-electron chi connectivity index (χ2n) is 5.61. The van der Waals surface area contributed by atoms with Crippen molar-refractivity contribution in [2.24, 2.45) is 0 Å². The number of nitrogens with zero attached hydrogens (tertiary/aromatic N) is 2. The van der Waals surface area contributed by atoms with Crippen LogP contribution in [0, 0.1) is 0 Å². The first kappa shape index (κ1) is 14.2. The number of hydrogen-bond acceptors (Lipinski definition) is 3. The van der Waals surface area contributed by atoms with E-state index in [4.69, 9.17) is 5.11 Å². The van der Waals surface area contributed by atoms with Gasteiger partial charge >= 0.3 is 0 Å². The number of hydrogen-bond donors (Lipinski definition) is 2. The van der Waals surface area contributed by atoms with Crippen LogP contribution in [-0.2, 0) is 12.1 Å². The van der Waals surface area contributed by atoms with Crippen LogP contribution in [0.1, 0.15) is 46.1 Å². The van der Waals surface area contributed by atoms with Gasteiger partial charge in [0.2, 0.25) is 0 Å². The normalized spacial score (nSPS) is 13.9. The third-order valence-electron chi connectivity index (χ3n) is 2.77. The Balaban J connectivity index is 2.40. The van der Waals surface area contributed by atoms with E-state index in [2.05, 4.69) is 44.3 Å². The molecule has 0 spiro atoms. The second-order valence-corrected chi connectivity index (χ2v) is 5.61. The molecule has 0 aliphatic heterocycles. The molecule has 0 aromatic carbocycles. The highest BCUT2D eigenvalue weighted by Crippen LogP contribution is 2.13. The first-order chi connectivity index (χ1) is 7.93. The van der Waals surface area contributed by atoms with E-state index in [1.165, 1.54) is 5.56 Å². The molecule has 0 saturated carbocycles. The Bertz CT molecular complexity index is 328. The highest BCUT2D eigenvalue weighted by molar-refractivity contribution is 5.05. The van der Waals surface area contributed by atoms with Gasteiger partial charge < -0.3 is 10.4 Å². The molecule has 98 valence electrons. The molecule has 0 amide bonds. The van der Waals surface area contributed by atoms with Gasteiger partial charge in [-0.05, 0) is 40.5 Å². The predicted molar refractivity (Wildman–Crippen MR) is 69.8 cm³/mol. The molecule has 0 aliphatic carbocycles. The summed E-state index contributed by atoms with van der Waals surface area (Å²) in [5.74, 6) is 0. The van der Waals surface area contributed by atoms with Gasteiger partial charge in [0.15, 0.2) is 0 Å². The lowest BCUT2D eigenvalue weighted by Crippen LogP contribution is -2.25. The van der Waals surface area contributed by atoms with Crippen molar-refractivity contribution in [3.05, 3.63) is 18.0 Å². The van der Waals surface area contributed by atoms with Gasteiger partial charge in [-0.3, -0.25) is 4.68 Å². The molecule has 0 bridgehead atoms. The van der Waals surface area contributed by atoms with Crippen LogP contribution in [0.2, 0.25) is 0 Å². The summed E-state index contributed by atoms with van der Waals surface area (Å²) >= 11 is 0. The van der Waals surface area contributed by atoms with Gasteiger partial charge in [-0.15, -0.1) is 0 Å². The largest absolute Gasteiger partial charge is 0.396 e. The van der Waals surface area contributed by atoms with Crippen molar-refractivity contribution in [3.63, 3.8) is 0 Å². The zero-order chi connectivity index (χ0) is 12.9. The lowest BCUT2D eigenvalue weighted by atomic mass is 10.1. The number of rotatable bonds is 6. The van der Waals surface area contributed by atoms with Crippen LogP contribution in [0.4, 0.5) is 0 Å². The van der Waals surface area contributed by atoms with Gasteiger partial charge in [-0.2, -0.15) is 5.10 Å². The van der Waals surface area contributed by atoms with Crippen molar-refractivity contribution >= 4 is 0 Å². The molecule has 0 aliphatic rings. The fourth-order valence-corrected chi connectivity index (χ4v) is 1.61. The molecule has 2 N–H and O–H groups in total. The van der Waals surface area contributed by atoms with Gasteiger partial charge in [0, 0.05) is 31.0 Å². The Morgan fingerprint density at radius 3 is 2.71 bits per heavy atom. The molecule has 1 heterocycles. The Morgan fingerprint density at radius 1 is 1.47 bits per heavy atom. The minimum absolute atomic E-state index is 0.0424. The van der Waals surface area contributed by atoms with E-state index in [-0.39, 0.29) is 12.1 Å². The maximum atomic E-state index is 8.75. The molecule has 0 radical (unpaired) electrons. The minimum atomic E-state index is 0.0424. The topological polar surface area (TPSA) is 50.1 Å². The quantitative estimate of drug-likeness (QED) is 0.797. The molecule has 1 aromatic rings. The van der Waals surface area contributed by atoms with Crippen molar-refractivity contribution in [3.8, 4) is 0 Å². The first-order valence-corrected chi connectivity index (χ1v) is 6.31. The Hall–Kier alpha value is -0.870. The zero-order valence-corrected chi connectivity index (χ0v) is 11.4. The molecular weight excluding hydrogens is 214 g/mol. The SMILES string of the molecule is CC(CCCO)NCc1cnn(C(C)(C)C)c1. The van der Waals surface area contributed by atoms with Gasteiger partial charge in [0.1, 0.15) is 0 Å². The van der Waals surface area contributed by atoms with E-state index < -0.39 is 0 Å². The monoisotopic (exact) mass is 239 g/mol. The molecule has 4 heteroatoms. The van der Waals surface area contributed by atoms with Gasteiger partial charge in [0.05, 0.1) is 11.7 Å². The average Bonchev–Trinajstić information content (AvgIpc) is 2.71. The fraction of sp³-hybridized carbons (Fsp3) is 0.769. The van der Waals surface area contributed by atoms with E-state index in [9.17, 15) is 0 Å². The van der Waals surface area contributed by atoms with Crippen LogP contribution in [0.3, 0.4) is 0 Å². The molecule has 1 unspecified atom stereocenters. The van der Waals surface area contributed by atoms with E-state index >= 15 is 0 Å². The molecule has 0 fully saturated rings. The van der Waals surface area contributed by atoms with Crippen molar-refractivity contribution in [1.29, 1.82) is 0 Å². The Morgan fingerprint density at radius 2 is 2.18 bits per heavy atom. The zero-order valence-electron chi connectivity index (χ0n) is 11.4. The van der Waals surface area contributed by atoms with Crippen LogP contribution in [0.5, 0.6) is 0 Å². The summed E-state index contributed by atoms with van der Waals surface area (Å²) in [6.45, 7) is 9.67. The molecule has 4 nitrogen and oxygen atoms in total. The molecule has 0 saturated heterocycles. The van der Waals surface area contributed by atoms with Gasteiger partial charge in [-0.25, -0.2) is 0 Å². The number of aromatic nitrogens is 2. The maximum Gasteiger partial charge on any atom is 0.0543 e. The van der Waals surface area contributed by atoms with Gasteiger partial charge in [-0.1, -0.05) is 0 Å². The third-order valence-corrected chi connectivity index (χ3v) is 2.77. The van der Waals surface area contributed by atoms with Crippen LogP contribution < -0.4 is 5.32 Å². The molecule has 1 atom stereocenters. The van der Waals surface area contributed by atoms with E-state index in [0.717, 1.165) is 19.4 Å². The van der Waals surface area contributed by atoms with E-state index in [1.54, 1.807) is 0 Å². The summed E-state index contributed by atoms with van der Waals surface area (Å²) < 4.78 is 1.99. The highest BCUT2D eigenvalue weighted by atomic mass is 16.2. The van der Waals surface area contributed by atoms with E-state index in [1.807, 2.05) is 10.9 Å². The molecule has 1 rings (SSSR count).